The maximum Gasteiger partial charge on any atom is 0.459 e. The van der Waals surface area contributed by atoms with Crippen LogP contribution in [0.4, 0.5) is 4.39 Å². The van der Waals surface area contributed by atoms with Gasteiger partial charge in [-0.15, -0.1) is 0 Å². The first-order valence-corrected chi connectivity index (χ1v) is 13.2. The molecule has 17 heteroatoms. The number of aromatic amines is 1. The summed E-state index contributed by atoms with van der Waals surface area (Å²) >= 11 is 4.86. The van der Waals surface area contributed by atoms with Crippen molar-refractivity contribution >= 4 is 25.9 Å². The van der Waals surface area contributed by atoms with Crippen molar-refractivity contribution in [1.82, 2.24) is 14.6 Å². The number of esters is 1. The van der Waals surface area contributed by atoms with E-state index in [-0.39, 0.29) is 10.4 Å². The smallest absolute Gasteiger partial charge is 0.459 e. The van der Waals surface area contributed by atoms with Crippen LogP contribution in [0.2, 0.25) is 0 Å². The standard InChI is InChI=1S/C21H26FN6O8PS/c1-12(2)34-19(30)13(3)25-37(32,36-14-7-5-4-6-8-14)33-11-21(26-27-23)17(29)16(22)18(35-21)28-10-9-15(38)24-20(28)31/h4-10,12-13,16-18,29H,11H2,1-3H3,(H,25,32)(H,24,31,38)/t13-,16-,17?,18+,21+,37?/m0/s1. The van der Waals surface area contributed by atoms with Gasteiger partial charge in [-0.25, -0.2) is 13.8 Å². The summed E-state index contributed by atoms with van der Waals surface area (Å²) < 4.78 is 51.3. The van der Waals surface area contributed by atoms with Crippen LogP contribution < -0.4 is 15.3 Å². The number of para-hydroxylation sites is 1. The average molecular weight is 573 g/mol. The monoisotopic (exact) mass is 572 g/mol. The van der Waals surface area contributed by atoms with E-state index in [4.69, 9.17) is 36.3 Å². The highest BCUT2D eigenvalue weighted by Crippen LogP contribution is 2.48. The number of carbonyl (C=O) groups excluding carboxylic acids is 1. The first-order chi connectivity index (χ1) is 17.9. The minimum atomic E-state index is -4.50. The van der Waals surface area contributed by atoms with Crippen LogP contribution in [0.15, 0.2) is 52.5 Å². The van der Waals surface area contributed by atoms with Gasteiger partial charge in [0.1, 0.15) is 22.5 Å². The van der Waals surface area contributed by atoms with E-state index in [1.165, 1.54) is 25.1 Å². The summed E-state index contributed by atoms with van der Waals surface area (Å²) in [5.74, 6) is -0.696. The molecular weight excluding hydrogens is 546 g/mol. The number of carbonyl (C=O) groups is 1. The molecule has 38 heavy (non-hydrogen) atoms. The van der Waals surface area contributed by atoms with Crippen LogP contribution >= 0.6 is 20.0 Å². The Morgan fingerprint density at radius 2 is 2.08 bits per heavy atom. The van der Waals surface area contributed by atoms with Gasteiger partial charge in [0, 0.05) is 11.1 Å². The van der Waals surface area contributed by atoms with Crippen molar-refractivity contribution in [2.75, 3.05) is 6.61 Å². The van der Waals surface area contributed by atoms with Crippen molar-refractivity contribution in [2.24, 2.45) is 5.11 Å². The molecule has 3 N–H and O–H groups in total. The lowest BCUT2D eigenvalue weighted by molar-refractivity contribution is -0.149. The fourth-order valence-corrected chi connectivity index (χ4v) is 5.07. The van der Waals surface area contributed by atoms with E-state index >= 15 is 4.39 Å². The number of benzene rings is 1. The van der Waals surface area contributed by atoms with Crippen molar-refractivity contribution in [1.29, 1.82) is 0 Å². The molecule has 14 nitrogen and oxygen atoms in total. The minimum absolute atomic E-state index is 0.0695. The molecule has 1 aliphatic rings. The Labute approximate surface area is 220 Å². The van der Waals surface area contributed by atoms with Gasteiger partial charge in [0.25, 0.3) is 0 Å². The first-order valence-electron chi connectivity index (χ1n) is 11.2. The Morgan fingerprint density at radius 1 is 1.39 bits per heavy atom. The van der Waals surface area contributed by atoms with E-state index in [9.17, 15) is 19.3 Å². The number of rotatable bonds is 11. The quantitative estimate of drug-likeness (QED) is 0.0899. The lowest BCUT2D eigenvalue weighted by atomic mass is 10.1. The number of H-pyrrole nitrogens is 1. The minimum Gasteiger partial charge on any atom is -0.462 e. The fraction of sp³-hybridized carbons (Fsp3) is 0.476. The number of alkyl halides is 1. The number of nitrogens with one attached hydrogen (secondary N) is 2. The summed E-state index contributed by atoms with van der Waals surface area (Å²) in [5, 5.41) is 16.4. The van der Waals surface area contributed by atoms with Gasteiger partial charge < -0.3 is 19.1 Å². The highest BCUT2D eigenvalue weighted by Gasteiger charge is 2.57. The predicted octanol–water partition coefficient (Wildman–Crippen LogP) is 3.27. The van der Waals surface area contributed by atoms with Crippen molar-refractivity contribution in [3.63, 3.8) is 0 Å². The number of aromatic nitrogens is 2. The van der Waals surface area contributed by atoms with Crippen LogP contribution in [-0.4, -0.2) is 57.4 Å². The Bertz CT molecular complexity index is 1350. The number of aliphatic hydroxyl groups is 1. The van der Waals surface area contributed by atoms with Gasteiger partial charge in [-0.3, -0.25) is 18.9 Å². The number of hydrogen-bond donors (Lipinski definition) is 3. The third-order valence-corrected chi connectivity index (χ3v) is 7.03. The summed E-state index contributed by atoms with van der Waals surface area (Å²) in [4.78, 5) is 29.5. The molecule has 1 saturated heterocycles. The van der Waals surface area contributed by atoms with E-state index in [2.05, 4.69) is 20.1 Å². The zero-order chi connectivity index (χ0) is 28.1. The highest BCUT2D eigenvalue weighted by atomic mass is 32.1. The van der Waals surface area contributed by atoms with Gasteiger partial charge in [-0.05, 0) is 44.5 Å². The topological polar surface area (TPSA) is 190 Å². The molecule has 6 atom stereocenters. The molecule has 0 spiro atoms. The highest BCUT2D eigenvalue weighted by molar-refractivity contribution is 7.71. The molecule has 0 aliphatic carbocycles. The lowest BCUT2D eigenvalue weighted by Crippen LogP contribution is -2.45. The average Bonchev–Trinajstić information content (AvgIpc) is 3.09. The van der Waals surface area contributed by atoms with Crippen LogP contribution in [-0.2, 0) is 23.4 Å². The molecule has 206 valence electrons. The van der Waals surface area contributed by atoms with Crippen LogP contribution in [0.3, 0.4) is 0 Å². The summed E-state index contributed by atoms with van der Waals surface area (Å²) in [6.45, 7) is 3.59. The lowest BCUT2D eigenvalue weighted by Gasteiger charge is -2.29. The molecule has 0 radical (unpaired) electrons. The second kappa shape index (κ2) is 12.2. The summed E-state index contributed by atoms with van der Waals surface area (Å²) in [6.07, 6.45) is -5.54. The van der Waals surface area contributed by atoms with E-state index in [1.807, 2.05) is 0 Å². The zero-order valence-electron chi connectivity index (χ0n) is 20.5. The SMILES string of the molecule is CC(C)OC(=O)[C@H](C)NP(=O)(OC[C@@]1(N=[N+]=[N-])O[C@@H](n2ccc(=S)[nH]c2=O)[C@@H](F)C1O)Oc1ccccc1. The number of azide groups is 1. The van der Waals surface area contributed by atoms with Crippen molar-refractivity contribution < 1.29 is 37.4 Å². The largest absolute Gasteiger partial charge is 0.462 e. The third kappa shape index (κ3) is 6.85. The molecule has 2 aromatic rings. The fourth-order valence-electron chi connectivity index (χ4n) is 3.40. The molecule has 1 aromatic heterocycles. The van der Waals surface area contributed by atoms with Crippen LogP contribution in [0, 0.1) is 4.64 Å². The summed E-state index contributed by atoms with van der Waals surface area (Å²) in [5.41, 5.74) is 5.80. The number of ether oxygens (including phenoxy) is 2. The molecule has 1 aliphatic heterocycles. The third-order valence-electron chi connectivity index (χ3n) is 5.17. The molecule has 0 amide bonds. The maximum atomic E-state index is 15.2. The molecule has 1 aromatic carbocycles. The van der Waals surface area contributed by atoms with E-state index in [0.717, 1.165) is 10.8 Å². The number of hydrogen-bond acceptors (Lipinski definition) is 10. The normalized spacial score (nSPS) is 25.3. The van der Waals surface area contributed by atoms with Crippen LogP contribution in [0.1, 0.15) is 27.0 Å². The second-order valence-electron chi connectivity index (χ2n) is 8.46. The van der Waals surface area contributed by atoms with Crippen LogP contribution in [0.5, 0.6) is 5.75 Å². The molecule has 0 saturated carbocycles. The molecule has 3 rings (SSSR count). The van der Waals surface area contributed by atoms with Crippen molar-refractivity contribution in [3.8, 4) is 5.75 Å². The van der Waals surface area contributed by atoms with E-state index in [0.29, 0.717) is 0 Å². The van der Waals surface area contributed by atoms with Gasteiger partial charge in [0.2, 0.25) is 5.72 Å². The predicted molar refractivity (Wildman–Crippen MR) is 133 cm³/mol. The van der Waals surface area contributed by atoms with Gasteiger partial charge in [0.05, 0.1) is 12.7 Å². The Balaban J connectivity index is 1.91. The van der Waals surface area contributed by atoms with Crippen molar-refractivity contribution in [3.05, 3.63) is 68.2 Å². The van der Waals surface area contributed by atoms with Gasteiger partial charge in [0.15, 0.2) is 12.4 Å². The first kappa shape index (κ1) is 29.5. The molecule has 1 fully saturated rings. The van der Waals surface area contributed by atoms with Crippen LogP contribution in [0.25, 0.3) is 10.4 Å². The second-order valence-corrected chi connectivity index (χ2v) is 10.6. The zero-order valence-corrected chi connectivity index (χ0v) is 22.2. The number of aliphatic hydroxyl groups excluding tert-OH is 1. The summed E-state index contributed by atoms with van der Waals surface area (Å²) in [6, 6.07) is 7.84. The molecule has 2 heterocycles. The number of halogens is 1. The molecular formula is C21H26FN6O8PS. The van der Waals surface area contributed by atoms with Gasteiger partial charge in [-0.2, -0.15) is 5.09 Å². The van der Waals surface area contributed by atoms with E-state index in [1.54, 1.807) is 32.0 Å². The Hall–Kier alpha value is -3.10. The molecule has 0 bridgehead atoms. The van der Waals surface area contributed by atoms with Gasteiger partial charge >= 0.3 is 19.4 Å². The molecule has 2 unspecified atom stereocenters. The van der Waals surface area contributed by atoms with E-state index < -0.39 is 62.4 Å². The number of nitrogens with zero attached hydrogens (tertiary/aromatic N) is 4. The van der Waals surface area contributed by atoms with Crippen molar-refractivity contribution in [2.45, 2.75) is 57.1 Å². The maximum absolute atomic E-state index is 15.2. The Kier molecular flexibility index (Phi) is 9.44. The summed E-state index contributed by atoms with van der Waals surface area (Å²) in [7, 11) is -4.50. The Morgan fingerprint density at radius 3 is 2.68 bits per heavy atom. The van der Waals surface area contributed by atoms with Gasteiger partial charge in [-0.1, -0.05) is 35.5 Å².